The number of rotatable bonds is 5. The maximum absolute atomic E-state index is 14.4. The molecular formula is C22H20ClFN4O3. The Hall–Kier alpha value is -3.49. The summed E-state index contributed by atoms with van der Waals surface area (Å²) in [4.78, 5) is 26.8. The molecule has 0 saturated heterocycles. The number of hydrogen-bond donors (Lipinski definition) is 2. The predicted octanol–water partition coefficient (Wildman–Crippen LogP) is 4.18. The standard InChI is InChI=1S/C21H16ClFN4O3.CH4/c1-30-27-19-13(9-15(20(27)29)18-16(22)6-3-7-17(18)23)10-24-21(26-19)25-14-5-2-4-12(8-14)11-28;/h2-10,28H,11H2,1H3,(H,24,25,26);1H4. The summed E-state index contributed by atoms with van der Waals surface area (Å²) in [5.41, 5.74) is 1.01. The monoisotopic (exact) mass is 442 g/mol. The number of nitrogens with zero attached hydrogens (tertiary/aromatic N) is 3. The van der Waals surface area contributed by atoms with E-state index in [-0.39, 0.29) is 41.8 Å². The fourth-order valence-electron chi connectivity index (χ4n) is 3.11. The van der Waals surface area contributed by atoms with Crippen molar-refractivity contribution in [1.29, 1.82) is 0 Å². The third-order valence-electron chi connectivity index (χ3n) is 4.48. The van der Waals surface area contributed by atoms with Crippen LogP contribution >= 0.6 is 11.6 Å². The van der Waals surface area contributed by atoms with Crippen molar-refractivity contribution in [3.8, 4) is 11.1 Å². The highest BCUT2D eigenvalue weighted by molar-refractivity contribution is 6.33. The van der Waals surface area contributed by atoms with Crippen LogP contribution in [0.15, 0.2) is 59.5 Å². The second kappa shape index (κ2) is 9.11. The van der Waals surface area contributed by atoms with Crippen LogP contribution < -0.4 is 15.7 Å². The summed E-state index contributed by atoms with van der Waals surface area (Å²) in [6.45, 7) is -0.0985. The summed E-state index contributed by atoms with van der Waals surface area (Å²) >= 11 is 6.13. The lowest BCUT2D eigenvalue weighted by Gasteiger charge is -2.13. The molecule has 0 atom stereocenters. The summed E-state index contributed by atoms with van der Waals surface area (Å²) in [7, 11) is 1.31. The van der Waals surface area contributed by atoms with Gasteiger partial charge < -0.3 is 15.3 Å². The minimum absolute atomic E-state index is 0. The van der Waals surface area contributed by atoms with Crippen LogP contribution in [0.2, 0.25) is 5.02 Å². The van der Waals surface area contributed by atoms with Crippen molar-refractivity contribution >= 4 is 34.3 Å². The summed E-state index contributed by atoms with van der Waals surface area (Å²) in [5.74, 6) is -0.399. The van der Waals surface area contributed by atoms with E-state index in [1.54, 1.807) is 24.3 Å². The molecule has 2 aromatic carbocycles. The van der Waals surface area contributed by atoms with Gasteiger partial charge in [-0.05, 0) is 35.9 Å². The molecular weight excluding hydrogens is 423 g/mol. The number of fused-ring (bicyclic) bond motifs is 1. The van der Waals surface area contributed by atoms with Crippen molar-refractivity contribution in [1.82, 2.24) is 14.7 Å². The van der Waals surface area contributed by atoms with Crippen molar-refractivity contribution in [3.63, 3.8) is 0 Å². The van der Waals surface area contributed by atoms with Crippen LogP contribution in [0, 0.1) is 5.82 Å². The van der Waals surface area contributed by atoms with Crippen LogP contribution in [0.3, 0.4) is 0 Å². The Morgan fingerprint density at radius 3 is 2.71 bits per heavy atom. The van der Waals surface area contributed by atoms with Gasteiger partial charge in [0.25, 0.3) is 5.56 Å². The summed E-state index contributed by atoms with van der Waals surface area (Å²) in [6.07, 6.45) is 1.49. The molecule has 0 amide bonds. The highest BCUT2D eigenvalue weighted by Gasteiger charge is 2.18. The van der Waals surface area contributed by atoms with Crippen molar-refractivity contribution < 1.29 is 14.3 Å². The van der Waals surface area contributed by atoms with Gasteiger partial charge >= 0.3 is 0 Å². The second-order valence-corrected chi connectivity index (χ2v) is 6.80. The smallest absolute Gasteiger partial charge is 0.293 e. The molecule has 2 aromatic heterocycles. The van der Waals surface area contributed by atoms with E-state index < -0.39 is 11.4 Å². The molecule has 0 aliphatic heterocycles. The molecule has 9 heteroatoms. The van der Waals surface area contributed by atoms with Crippen molar-refractivity contribution in [2.24, 2.45) is 0 Å². The second-order valence-electron chi connectivity index (χ2n) is 6.39. The molecule has 0 unspecified atom stereocenters. The number of halogens is 2. The van der Waals surface area contributed by atoms with Gasteiger partial charge in [0.05, 0.1) is 17.2 Å². The highest BCUT2D eigenvalue weighted by Crippen LogP contribution is 2.30. The molecule has 0 saturated carbocycles. The van der Waals surface area contributed by atoms with Crippen LogP contribution in [0.5, 0.6) is 0 Å². The first-order chi connectivity index (χ1) is 14.5. The molecule has 31 heavy (non-hydrogen) atoms. The zero-order chi connectivity index (χ0) is 21.3. The summed E-state index contributed by atoms with van der Waals surface area (Å²) in [5, 5.41) is 12.9. The molecule has 4 aromatic rings. The van der Waals surface area contributed by atoms with Crippen LogP contribution in [-0.2, 0) is 6.61 Å². The third-order valence-corrected chi connectivity index (χ3v) is 4.80. The quantitative estimate of drug-likeness (QED) is 0.482. The summed E-state index contributed by atoms with van der Waals surface area (Å²) in [6, 6.07) is 12.8. The predicted molar refractivity (Wildman–Crippen MR) is 119 cm³/mol. The minimum atomic E-state index is -0.621. The SMILES string of the molecule is C.COn1c(=O)c(-c2c(F)cccc2Cl)cc2cnc(Nc3cccc(CO)c3)nc21. The molecule has 4 rings (SSSR count). The number of nitrogens with one attached hydrogen (secondary N) is 1. The number of aliphatic hydroxyl groups is 1. The van der Waals surface area contributed by atoms with Gasteiger partial charge in [-0.1, -0.05) is 37.2 Å². The maximum Gasteiger partial charge on any atom is 0.293 e. The molecule has 7 nitrogen and oxygen atoms in total. The number of hydrogen-bond acceptors (Lipinski definition) is 6. The minimum Gasteiger partial charge on any atom is -0.412 e. The normalized spacial score (nSPS) is 10.6. The van der Waals surface area contributed by atoms with E-state index in [0.717, 1.165) is 10.3 Å². The number of anilines is 2. The lowest BCUT2D eigenvalue weighted by molar-refractivity contribution is 0.168. The van der Waals surface area contributed by atoms with E-state index >= 15 is 0 Å². The fraction of sp³-hybridized carbons (Fsp3) is 0.136. The fourth-order valence-corrected chi connectivity index (χ4v) is 3.37. The average Bonchev–Trinajstić information content (AvgIpc) is 2.74. The molecule has 0 fully saturated rings. The Morgan fingerprint density at radius 2 is 2.00 bits per heavy atom. The molecule has 0 aliphatic carbocycles. The third kappa shape index (κ3) is 4.21. The Bertz CT molecular complexity index is 1290. The van der Waals surface area contributed by atoms with Gasteiger partial charge in [-0.25, -0.2) is 9.37 Å². The van der Waals surface area contributed by atoms with E-state index in [0.29, 0.717) is 11.1 Å². The van der Waals surface area contributed by atoms with Gasteiger partial charge in [0.15, 0.2) is 5.65 Å². The van der Waals surface area contributed by atoms with E-state index in [1.165, 1.54) is 37.6 Å². The number of benzene rings is 2. The lowest BCUT2D eigenvalue weighted by Crippen LogP contribution is -2.27. The molecule has 0 radical (unpaired) electrons. The molecule has 0 bridgehead atoms. The Morgan fingerprint density at radius 1 is 1.23 bits per heavy atom. The Kier molecular flexibility index (Phi) is 6.53. The lowest BCUT2D eigenvalue weighted by atomic mass is 10.1. The maximum atomic E-state index is 14.4. The van der Waals surface area contributed by atoms with Crippen LogP contribution in [0.25, 0.3) is 22.2 Å². The van der Waals surface area contributed by atoms with Gasteiger partial charge in [-0.3, -0.25) is 4.79 Å². The molecule has 0 aliphatic rings. The zero-order valence-electron chi connectivity index (χ0n) is 15.8. The van der Waals surface area contributed by atoms with Gasteiger partial charge in [0, 0.05) is 22.8 Å². The highest BCUT2D eigenvalue weighted by atomic mass is 35.5. The van der Waals surface area contributed by atoms with E-state index in [4.69, 9.17) is 16.4 Å². The van der Waals surface area contributed by atoms with Crippen LogP contribution in [-0.4, -0.2) is 26.9 Å². The molecule has 2 heterocycles. The van der Waals surface area contributed by atoms with Gasteiger partial charge in [-0.2, -0.15) is 4.98 Å². The molecule has 0 spiro atoms. The summed E-state index contributed by atoms with van der Waals surface area (Å²) < 4.78 is 15.4. The van der Waals surface area contributed by atoms with Crippen LogP contribution in [0.1, 0.15) is 13.0 Å². The Labute approximate surface area is 182 Å². The number of pyridine rings is 1. The van der Waals surface area contributed by atoms with E-state index in [1.807, 2.05) is 0 Å². The first kappa shape index (κ1) is 22.2. The van der Waals surface area contributed by atoms with Crippen LogP contribution in [0.4, 0.5) is 16.0 Å². The number of aliphatic hydroxyl groups excluding tert-OH is 1. The Balaban J connectivity index is 0.00000272. The number of aromatic nitrogens is 3. The van der Waals surface area contributed by atoms with Gasteiger partial charge in [-0.15, -0.1) is 4.73 Å². The first-order valence-corrected chi connectivity index (χ1v) is 9.28. The van der Waals surface area contributed by atoms with Gasteiger partial charge in [0.1, 0.15) is 12.9 Å². The van der Waals surface area contributed by atoms with Crippen molar-refractivity contribution in [2.75, 3.05) is 12.4 Å². The molecule has 160 valence electrons. The van der Waals surface area contributed by atoms with Crippen molar-refractivity contribution in [3.05, 3.63) is 81.5 Å². The largest absolute Gasteiger partial charge is 0.412 e. The zero-order valence-corrected chi connectivity index (χ0v) is 16.5. The van der Waals surface area contributed by atoms with Crippen molar-refractivity contribution in [2.45, 2.75) is 14.0 Å². The topological polar surface area (TPSA) is 89.3 Å². The van der Waals surface area contributed by atoms with E-state index in [9.17, 15) is 14.3 Å². The average molecular weight is 443 g/mol. The molecule has 2 N–H and O–H groups in total. The van der Waals surface area contributed by atoms with Gasteiger partial charge in [0.2, 0.25) is 5.95 Å². The van der Waals surface area contributed by atoms with E-state index in [2.05, 4.69) is 15.3 Å². The first-order valence-electron chi connectivity index (χ1n) is 8.90.